The highest BCUT2D eigenvalue weighted by Crippen LogP contribution is 2.43. The summed E-state index contributed by atoms with van der Waals surface area (Å²) < 4.78 is 23.5. The highest BCUT2D eigenvalue weighted by molar-refractivity contribution is 7.47. The van der Waals surface area contributed by atoms with Crippen molar-refractivity contribution in [1.82, 2.24) is 5.32 Å². The van der Waals surface area contributed by atoms with E-state index in [9.17, 15) is 19.4 Å². The monoisotopic (exact) mass is 934 g/mol. The van der Waals surface area contributed by atoms with Crippen molar-refractivity contribution in [3.8, 4) is 0 Å². The van der Waals surface area contributed by atoms with Crippen LogP contribution in [-0.2, 0) is 18.4 Å². The topological polar surface area (TPSA) is 105 Å². The molecule has 0 aromatic heterocycles. The Morgan fingerprint density at radius 2 is 0.908 bits per heavy atom. The third-order valence-corrected chi connectivity index (χ3v) is 12.9. The molecule has 0 aromatic rings. The summed E-state index contributed by atoms with van der Waals surface area (Å²) in [6.45, 7) is 4.71. The van der Waals surface area contributed by atoms with Gasteiger partial charge in [-0.1, -0.05) is 229 Å². The lowest BCUT2D eigenvalue weighted by atomic mass is 10.0. The number of nitrogens with one attached hydrogen (secondary N) is 1. The number of phosphoric acid groups is 1. The fraction of sp³-hybridized carbons (Fsp3) is 0.804. The summed E-state index contributed by atoms with van der Waals surface area (Å²) in [5.74, 6) is -0.190. The number of rotatable bonds is 49. The third-order valence-electron chi connectivity index (χ3n) is 12.0. The molecule has 0 aliphatic carbocycles. The summed E-state index contributed by atoms with van der Waals surface area (Å²) in [7, 11) is 1.55. The molecule has 0 fully saturated rings. The van der Waals surface area contributed by atoms with E-state index >= 15 is 0 Å². The van der Waals surface area contributed by atoms with E-state index < -0.39 is 20.0 Å². The number of aliphatic hydroxyl groups excluding tert-OH is 1. The number of carbonyl (C=O) groups excluding carboxylic acids is 1. The molecular formula is C56H106N2O6P+. The van der Waals surface area contributed by atoms with E-state index in [-0.39, 0.29) is 19.1 Å². The number of aliphatic hydroxyl groups is 1. The second-order valence-electron chi connectivity index (χ2n) is 19.6. The lowest BCUT2D eigenvalue weighted by Crippen LogP contribution is -2.45. The van der Waals surface area contributed by atoms with E-state index in [1.54, 1.807) is 6.08 Å². The van der Waals surface area contributed by atoms with Crippen LogP contribution in [0.1, 0.15) is 239 Å². The zero-order valence-electron chi connectivity index (χ0n) is 43.2. The van der Waals surface area contributed by atoms with Gasteiger partial charge in [-0.15, -0.1) is 0 Å². The van der Waals surface area contributed by atoms with Crippen LogP contribution in [0.25, 0.3) is 0 Å². The summed E-state index contributed by atoms with van der Waals surface area (Å²) in [5.41, 5.74) is 0. The molecule has 0 aliphatic rings. The van der Waals surface area contributed by atoms with Crippen LogP contribution in [0, 0.1) is 0 Å². The number of hydrogen-bond donors (Lipinski definition) is 3. The molecule has 1 amide bonds. The molecule has 3 unspecified atom stereocenters. The Labute approximate surface area is 402 Å². The first-order valence-corrected chi connectivity index (χ1v) is 28.7. The van der Waals surface area contributed by atoms with Crippen LogP contribution in [0.4, 0.5) is 0 Å². The third kappa shape index (κ3) is 49.9. The quantitative estimate of drug-likeness (QED) is 0.0243. The predicted octanol–water partition coefficient (Wildman–Crippen LogP) is 16.1. The van der Waals surface area contributed by atoms with Gasteiger partial charge in [-0.05, 0) is 64.2 Å². The van der Waals surface area contributed by atoms with Gasteiger partial charge in [-0.2, -0.15) is 0 Å². The molecule has 0 saturated heterocycles. The van der Waals surface area contributed by atoms with Crippen LogP contribution >= 0.6 is 7.82 Å². The zero-order valence-corrected chi connectivity index (χ0v) is 44.1. The van der Waals surface area contributed by atoms with Crippen molar-refractivity contribution in [1.29, 1.82) is 0 Å². The van der Waals surface area contributed by atoms with Crippen LogP contribution in [0.5, 0.6) is 0 Å². The van der Waals surface area contributed by atoms with Gasteiger partial charge >= 0.3 is 7.82 Å². The molecule has 0 spiro atoms. The molecule has 0 radical (unpaired) electrons. The van der Waals surface area contributed by atoms with Gasteiger partial charge in [-0.3, -0.25) is 13.8 Å². The minimum absolute atomic E-state index is 0.0553. The maximum atomic E-state index is 12.9. The molecule has 65 heavy (non-hydrogen) atoms. The molecule has 0 bridgehead atoms. The Morgan fingerprint density at radius 1 is 0.523 bits per heavy atom. The van der Waals surface area contributed by atoms with Crippen LogP contribution < -0.4 is 5.32 Å². The van der Waals surface area contributed by atoms with E-state index in [4.69, 9.17) is 9.05 Å². The lowest BCUT2D eigenvalue weighted by Gasteiger charge is -2.25. The molecule has 0 rings (SSSR count). The molecule has 3 atom stereocenters. The maximum Gasteiger partial charge on any atom is 0.472 e. The molecule has 0 aromatic carbocycles. The molecular weight excluding hydrogens is 828 g/mol. The van der Waals surface area contributed by atoms with Crippen molar-refractivity contribution in [3.63, 3.8) is 0 Å². The van der Waals surface area contributed by atoms with E-state index in [0.717, 1.165) is 51.4 Å². The highest BCUT2D eigenvalue weighted by atomic mass is 31.2. The van der Waals surface area contributed by atoms with Gasteiger partial charge in [0.2, 0.25) is 5.91 Å². The Bertz CT molecular complexity index is 1240. The SMILES string of the molecule is CCCC/C=C/CC/C=C/C(O)C(COP(=O)(O)OCC[N+](C)(C)C)NC(=O)CCCCCCCCCCCCCCCCCCCCCC/C=C\C/C=C\C/C=C\CCCCCCC. The van der Waals surface area contributed by atoms with Gasteiger partial charge in [0.1, 0.15) is 13.2 Å². The number of hydrogen-bond acceptors (Lipinski definition) is 5. The average Bonchev–Trinajstić information content (AvgIpc) is 3.26. The predicted molar refractivity (Wildman–Crippen MR) is 281 cm³/mol. The highest BCUT2D eigenvalue weighted by Gasteiger charge is 2.27. The summed E-state index contributed by atoms with van der Waals surface area (Å²) in [6.07, 6.45) is 63.6. The number of likely N-dealkylation sites (N-methyl/N-ethyl adjacent to an activating group) is 1. The van der Waals surface area contributed by atoms with Crippen LogP contribution in [0.15, 0.2) is 60.8 Å². The fourth-order valence-electron chi connectivity index (χ4n) is 7.64. The van der Waals surface area contributed by atoms with E-state index in [1.165, 1.54) is 167 Å². The van der Waals surface area contributed by atoms with Crippen molar-refractivity contribution in [3.05, 3.63) is 60.8 Å². The number of nitrogens with zero attached hydrogens (tertiary/aromatic N) is 1. The first-order valence-electron chi connectivity index (χ1n) is 27.2. The van der Waals surface area contributed by atoms with Gasteiger partial charge < -0.3 is 19.8 Å². The number of allylic oxidation sites excluding steroid dienone is 9. The fourth-order valence-corrected chi connectivity index (χ4v) is 8.38. The summed E-state index contributed by atoms with van der Waals surface area (Å²) in [5, 5.41) is 13.7. The Balaban J connectivity index is 3.88. The van der Waals surface area contributed by atoms with E-state index in [1.807, 2.05) is 27.2 Å². The Kier molecular flexibility index (Phi) is 46.0. The summed E-state index contributed by atoms with van der Waals surface area (Å²) >= 11 is 0. The molecule has 0 saturated carbocycles. The second kappa shape index (κ2) is 47.3. The summed E-state index contributed by atoms with van der Waals surface area (Å²) in [4.78, 5) is 23.1. The van der Waals surface area contributed by atoms with Crippen molar-refractivity contribution in [2.45, 2.75) is 251 Å². The number of unbranched alkanes of at least 4 members (excludes halogenated alkanes) is 28. The molecule has 0 aliphatic heterocycles. The number of carbonyl (C=O) groups is 1. The van der Waals surface area contributed by atoms with Gasteiger partial charge in [-0.25, -0.2) is 4.57 Å². The van der Waals surface area contributed by atoms with Gasteiger partial charge in [0, 0.05) is 6.42 Å². The van der Waals surface area contributed by atoms with Gasteiger partial charge in [0.05, 0.1) is 39.9 Å². The standard InChI is InChI=1S/C56H105N2O6P/c1-6-8-10-12-14-16-17-18-19-20-21-22-23-24-25-26-27-28-29-30-31-32-33-34-35-36-37-38-39-40-41-42-44-46-48-50-56(60)57-54(53-64-65(61,62)63-52-51-58(3,4)5)55(59)49-47-45-43-15-13-11-9-7-2/h13,15,17-18,20-21,23-24,47,49,54-55,59H,6-12,14,16,19,22,25-46,48,50-53H2,1-5H3,(H-,57,60,61,62)/p+1/b15-13+,18-17-,21-20-,24-23-,49-47+. The van der Waals surface area contributed by atoms with Crippen LogP contribution in [0.2, 0.25) is 0 Å². The smallest absolute Gasteiger partial charge is 0.387 e. The zero-order chi connectivity index (χ0) is 47.8. The van der Waals surface area contributed by atoms with Crippen molar-refractivity contribution in [2.75, 3.05) is 40.9 Å². The Hall–Kier alpha value is -1.80. The van der Waals surface area contributed by atoms with Crippen LogP contribution in [-0.4, -0.2) is 73.4 Å². The maximum absolute atomic E-state index is 12.9. The molecule has 9 heteroatoms. The molecule has 8 nitrogen and oxygen atoms in total. The van der Waals surface area contributed by atoms with Crippen molar-refractivity contribution < 1.29 is 32.9 Å². The normalized spacial score (nSPS) is 14.5. The largest absolute Gasteiger partial charge is 0.472 e. The van der Waals surface area contributed by atoms with E-state index in [2.05, 4.69) is 67.8 Å². The Morgan fingerprint density at radius 3 is 1.38 bits per heavy atom. The number of phosphoric ester groups is 1. The summed E-state index contributed by atoms with van der Waals surface area (Å²) in [6, 6.07) is -0.861. The van der Waals surface area contributed by atoms with Crippen LogP contribution in [0.3, 0.4) is 0 Å². The molecule has 380 valence electrons. The second-order valence-corrected chi connectivity index (χ2v) is 21.0. The average molecular weight is 934 g/mol. The minimum atomic E-state index is -4.34. The minimum Gasteiger partial charge on any atom is -0.387 e. The van der Waals surface area contributed by atoms with Gasteiger partial charge in [0.25, 0.3) is 0 Å². The lowest BCUT2D eigenvalue weighted by molar-refractivity contribution is -0.870. The first-order chi connectivity index (χ1) is 31.5. The van der Waals surface area contributed by atoms with E-state index in [0.29, 0.717) is 17.4 Å². The number of amides is 1. The van der Waals surface area contributed by atoms with Gasteiger partial charge in [0.15, 0.2) is 0 Å². The molecule has 0 heterocycles. The first kappa shape index (κ1) is 63.2. The van der Waals surface area contributed by atoms with Crippen molar-refractivity contribution in [2.24, 2.45) is 0 Å². The number of quaternary nitrogens is 1. The molecule has 3 N–H and O–H groups in total. The van der Waals surface area contributed by atoms with Crippen molar-refractivity contribution >= 4 is 13.7 Å².